The van der Waals surface area contributed by atoms with E-state index in [1.54, 1.807) is 24.3 Å². The fourth-order valence-electron chi connectivity index (χ4n) is 3.90. The first-order valence-electron chi connectivity index (χ1n) is 9.14. The summed E-state index contributed by atoms with van der Waals surface area (Å²) < 4.78 is 54.9. The normalized spacial score (nSPS) is 20.5. The van der Waals surface area contributed by atoms with Crippen molar-refractivity contribution in [2.45, 2.75) is 42.0 Å². The zero-order valence-electron chi connectivity index (χ0n) is 15.4. The SMILES string of the molecule is C[C@H]1Cc2cc(S(=O)(=O)N3CCCC3)ccc2N1S(=O)(=O)c1ccc(Cl)cc1. The molecule has 28 heavy (non-hydrogen) atoms. The maximum absolute atomic E-state index is 13.2. The number of hydrogen-bond acceptors (Lipinski definition) is 4. The van der Waals surface area contributed by atoms with Crippen molar-refractivity contribution in [3.8, 4) is 0 Å². The fourth-order valence-corrected chi connectivity index (χ4v) is 7.29. The van der Waals surface area contributed by atoms with Crippen LogP contribution < -0.4 is 4.31 Å². The summed E-state index contributed by atoms with van der Waals surface area (Å²) in [5.74, 6) is 0. The Morgan fingerprint density at radius 3 is 2.14 bits per heavy atom. The summed E-state index contributed by atoms with van der Waals surface area (Å²) in [5.41, 5.74) is 1.26. The van der Waals surface area contributed by atoms with Crippen molar-refractivity contribution in [3.05, 3.63) is 53.1 Å². The van der Waals surface area contributed by atoms with E-state index in [9.17, 15) is 16.8 Å². The molecule has 1 saturated heterocycles. The molecule has 2 aromatic rings. The first-order valence-corrected chi connectivity index (χ1v) is 12.4. The van der Waals surface area contributed by atoms with E-state index in [0.29, 0.717) is 30.2 Å². The van der Waals surface area contributed by atoms with Gasteiger partial charge in [0.15, 0.2) is 0 Å². The third kappa shape index (κ3) is 3.22. The zero-order chi connectivity index (χ0) is 20.1. The number of fused-ring (bicyclic) bond motifs is 1. The number of sulfonamides is 2. The lowest BCUT2D eigenvalue weighted by atomic mass is 10.1. The van der Waals surface area contributed by atoms with Gasteiger partial charge in [0.1, 0.15) is 0 Å². The molecule has 0 aliphatic carbocycles. The van der Waals surface area contributed by atoms with Gasteiger partial charge >= 0.3 is 0 Å². The van der Waals surface area contributed by atoms with Crippen LogP contribution in [-0.2, 0) is 26.5 Å². The van der Waals surface area contributed by atoms with Crippen molar-refractivity contribution in [3.63, 3.8) is 0 Å². The predicted molar refractivity (Wildman–Crippen MR) is 109 cm³/mol. The highest BCUT2D eigenvalue weighted by atomic mass is 35.5. The molecule has 0 spiro atoms. The van der Waals surface area contributed by atoms with Gasteiger partial charge in [0.05, 0.1) is 15.5 Å². The van der Waals surface area contributed by atoms with Crippen molar-refractivity contribution >= 4 is 37.3 Å². The van der Waals surface area contributed by atoms with E-state index in [1.165, 1.54) is 26.8 Å². The molecule has 0 unspecified atom stereocenters. The number of rotatable bonds is 4. The molecule has 4 rings (SSSR count). The van der Waals surface area contributed by atoms with Gasteiger partial charge in [0.25, 0.3) is 10.0 Å². The number of nitrogens with zero attached hydrogens (tertiary/aromatic N) is 2. The molecule has 2 aliphatic heterocycles. The summed E-state index contributed by atoms with van der Waals surface area (Å²) in [7, 11) is -7.30. The lowest BCUT2D eigenvalue weighted by Crippen LogP contribution is -2.35. The number of halogens is 1. The second-order valence-corrected chi connectivity index (χ2v) is 11.4. The summed E-state index contributed by atoms with van der Waals surface area (Å²) in [6.07, 6.45) is 2.20. The highest BCUT2D eigenvalue weighted by Gasteiger charge is 2.37. The van der Waals surface area contributed by atoms with E-state index in [1.807, 2.05) is 6.92 Å². The van der Waals surface area contributed by atoms with E-state index in [0.717, 1.165) is 18.4 Å². The second-order valence-electron chi connectivity index (χ2n) is 7.21. The van der Waals surface area contributed by atoms with Gasteiger partial charge in [-0.1, -0.05) is 11.6 Å². The van der Waals surface area contributed by atoms with Crippen LogP contribution in [0.5, 0.6) is 0 Å². The summed E-state index contributed by atoms with van der Waals surface area (Å²) in [6.45, 7) is 2.89. The molecule has 1 atom stereocenters. The Balaban J connectivity index is 1.73. The average Bonchev–Trinajstić information content (AvgIpc) is 3.29. The maximum atomic E-state index is 13.2. The predicted octanol–water partition coefficient (Wildman–Crippen LogP) is 3.26. The van der Waals surface area contributed by atoms with Gasteiger partial charge < -0.3 is 0 Å². The highest BCUT2D eigenvalue weighted by Crippen LogP contribution is 2.38. The molecule has 0 radical (unpaired) electrons. The van der Waals surface area contributed by atoms with Crippen LogP contribution in [0.1, 0.15) is 25.3 Å². The molecule has 2 aromatic carbocycles. The van der Waals surface area contributed by atoms with Crippen molar-refractivity contribution in [1.29, 1.82) is 0 Å². The minimum Gasteiger partial charge on any atom is -0.263 e. The average molecular weight is 441 g/mol. The van der Waals surface area contributed by atoms with Crippen molar-refractivity contribution in [2.24, 2.45) is 0 Å². The van der Waals surface area contributed by atoms with Crippen molar-refractivity contribution < 1.29 is 16.8 Å². The van der Waals surface area contributed by atoms with Gasteiger partial charge in [-0.3, -0.25) is 4.31 Å². The molecule has 0 bridgehead atoms. The Hall–Kier alpha value is -1.61. The lowest BCUT2D eigenvalue weighted by molar-refractivity contribution is 0.477. The van der Waals surface area contributed by atoms with Crippen LogP contribution in [0.4, 0.5) is 5.69 Å². The minimum atomic E-state index is -3.77. The lowest BCUT2D eigenvalue weighted by Gasteiger charge is -2.24. The van der Waals surface area contributed by atoms with E-state index in [2.05, 4.69) is 0 Å². The Kier molecular flexibility index (Phi) is 4.94. The van der Waals surface area contributed by atoms with Gasteiger partial charge in [-0.05, 0) is 74.2 Å². The second kappa shape index (κ2) is 7.02. The number of hydrogen-bond donors (Lipinski definition) is 0. The van der Waals surface area contributed by atoms with Crippen molar-refractivity contribution in [2.75, 3.05) is 17.4 Å². The molecule has 0 saturated carbocycles. The van der Waals surface area contributed by atoms with Crippen molar-refractivity contribution in [1.82, 2.24) is 4.31 Å². The summed E-state index contributed by atoms with van der Waals surface area (Å²) >= 11 is 5.88. The summed E-state index contributed by atoms with van der Waals surface area (Å²) in [6, 6.07) is 10.5. The van der Waals surface area contributed by atoms with Gasteiger partial charge in [-0.25, -0.2) is 16.8 Å². The van der Waals surface area contributed by atoms with Crippen LogP contribution in [0, 0.1) is 0 Å². The zero-order valence-corrected chi connectivity index (χ0v) is 17.8. The Morgan fingerprint density at radius 2 is 1.50 bits per heavy atom. The fraction of sp³-hybridized carbons (Fsp3) is 0.368. The largest absolute Gasteiger partial charge is 0.264 e. The Bertz CT molecular complexity index is 1110. The molecule has 2 aliphatic rings. The number of anilines is 1. The van der Waals surface area contributed by atoms with E-state index >= 15 is 0 Å². The van der Waals surface area contributed by atoms with Crippen LogP contribution in [0.15, 0.2) is 52.3 Å². The molecule has 6 nitrogen and oxygen atoms in total. The maximum Gasteiger partial charge on any atom is 0.264 e. The topological polar surface area (TPSA) is 74.8 Å². The van der Waals surface area contributed by atoms with Crippen LogP contribution in [0.3, 0.4) is 0 Å². The molecular formula is C19H21ClN2O4S2. The molecule has 1 fully saturated rings. The Morgan fingerprint density at radius 1 is 0.893 bits per heavy atom. The third-order valence-corrected chi connectivity index (χ3v) is 9.37. The molecule has 9 heteroatoms. The van der Waals surface area contributed by atoms with E-state index in [4.69, 9.17) is 11.6 Å². The third-order valence-electron chi connectivity index (χ3n) is 5.28. The first-order chi connectivity index (χ1) is 13.2. The van der Waals surface area contributed by atoms with Crippen LogP contribution in [-0.4, -0.2) is 40.3 Å². The first kappa shape index (κ1) is 19.7. The van der Waals surface area contributed by atoms with Crippen LogP contribution in [0.2, 0.25) is 5.02 Å². The van der Waals surface area contributed by atoms with Crippen LogP contribution >= 0.6 is 11.6 Å². The Labute approximate surface area is 170 Å². The highest BCUT2D eigenvalue weighted by molar-refractivity contribution is 7.93. The van der Waals surface area contributed by atoms with Crippen LogP contribution in [0.25, 0.3) is 0 Å². The minimum absolute atomic E-state index is 0.158. The van der Waals surface area contributed by atoms with Gasteiger partial charge in [-0.15, -0.1) is 0 Å². The molecule has 150 valence electrons. The van der Waals surface area contributed by atoms with Gasteiger partial charge in [-0.2, -0.15) is 4.31 Å². The van der Waals surface area contributed by atoms with Gasteiger partial charge in [0.2, 0.25) is 10.0 Å². The molecule has 0 amide bonds. The summed E-state index contributed by atoms with van der Waals surface area (Å²) in [5, 5.41) is 0.464. The van der Waals surface area contributed by atoms with Gasteiger partial charge in [0, 0.05) is 24.2 Å². The molecule has 0 aromatic heterocycles. The summed E-state index contributed by atoms with van der Waals surface area (Å²) in [4.78, 5) is 0.386. The van der Waals surface area contributed by atoms with E-state index < -0.39 is 20.0 Å². The monoisotopic (exact) mass is 440 g/mol. The number of benzene rings is 2. The quantitative estimate of drug-likeness (QED) is 0.731. The van der Waals surface area contributed by atoms with E-state index in [-0.39, 0.29) is 15.8 Å². The smallest absolute Gasteiger partial charge is 0.263 e. The molecular weight excluding hydrogens is 420 g/mol. The molecule has 2 heterocycles. The standard InChI is InChI=1S/C19H21ClN2O4S2/c1-14-12-15-13-18(27(23,24)21-10-2-3-11-21)8-9-19(15)22(14)28(25,26)17-6-4-16(20)5-7-17/h4-9,13-14H,2-3,10-12H2,1H3/t14-/m0/s1. The molecule has 0 N–H and O–H groups in total.